The summed E-state index contributed by atoms with van der Waals surface area (Å²) in [5.41, 5.74) is 0.596. The fraction of sp³-hybridized carbons (Fsp3) is 0.333. The average Bonchev–Trinajstić information content (AvgIpc) is 2.18. The van der Waals surface area contributed by atoms with E-state index in [-0.39, 0.29) is 6.42 Å². The highest BCUT2D eigenvalue weighted by Gasteiger charge is 2.13. The highest BCUT2D eigenvalue weighted by atomic mass is 79.9. The van der Waals surface area contributed by atoms with Crippen LogP contribution in [0.1, 0.15) is 18.1 Å². The van der Waals surface area contributed by atoms with Crippen LogP contribution < -0.4 is 0 Å². The summed E-state index contributed by atoms with van der Waals surface area (Å²) in [4.78, 5) is 14.8. The number of carbonyl (C=O) groups is 1. The number of aliphatic hydroxyl groups is 1. The van der Waals surface area contributed by atoms with Gasteiger partial charge in [-0.3, -0.25) is 4.79 Å². The maximum absolute atomic E-state index is 10.9. The van der Waals surface area contributed by atoms with Crippen LogP contribution >= 0.6 is 15.9 Å². The molecule has 0 aliphatic rings. The number of hydrogen-bond acceptors (Lipinski definition) is 4. The molecule has 0 aliphatic carbocycles. The van der Waals surface area contributed by atoms with Crippen LogP contribution in [0.15, 0.2) is 22.9 Å². The topological polar surface area (TPSA) is 59.4 Å². The highest BCUT2D eigenvalue weighted by Crippen LogP contribution is 2.17. The van der Waals surface area contributed by atoms with E-state index in [0.29, 0.717) is 10.2 Å². The summed E-state index contributed by atoms with van der Waals surface area (Å²) in [7, 11) is 1.29. The van der Waals surface area contributed by atoms with Gasteiger partial charge in [0.1, 0.15) is 4.60 Å². The van der Waals surface area contributed by atoms with Crippen molar-refractivity contribution >= 4 is 21.9 Å². The lowest BCUT2D eigenvalue weighted by Gasteiger charge is -2.08. The zero-order valence-electron chi connectivity index (χ0n) is 7.61. The molecule has 14 heavy (non-hydrogen) atoms. The Morgan fingerprint density at radius 3 is 2.93 bits per heavy atom. The Morgan fingerprint density at radius 2 is 2.43 bits per heavy atom. The second-order valence-corrected chi connectivity index (χ2v) is 3.52. The molecule has 1 aromatic rings. The first-order valence-corrected chi connectivity index (χ1v) is 4.79. The molecular weight excluding hydrogens is 250 g/mol. The Labute approximate surface area is 90.0 Å². The molecule has 0 fully saturated rings. The van der Waals surface area contributed by atoms with E-state index < -0.39 is 12.1 Å². The number of nitrogens with zero attached hydrogens (tertiary/aromatic N) is 1. The number of methoxy groups -OCH3 is 1. The lowest BCUT2D eigenvalue weighted by atomic mass is 10.1. The van der Waals surface area contributed by atoms with Gasteiger partial charge in [0, 0.05) is 6.20 Å². The van der Waals surface area contributed by atoms with Crippen LogP contribution in [-0.2, 0) is 9.53 Å². The molecule has 1 atom stereocenters. The maximum Gasteiger partial charge on any atom is 0.308 e. The van der Waals surface area contributed by atoms with E-state index in [1.54, 1.807) is 12.1 Å². The zero-order valence-corrected chi connectivity index (χ0v) is 9.19. The molecule has 1 N–H and O–H groups in total. The fourth-order valence-electron chi connectivity index (χ4n) is 0.943. The Kier molecular flexibility index (Phi) is 4.03. The van der Waals surface area contributed by atoms with Crippen LogP contribution in [0.2, 0.25) is 0 Å². The summed E-state index contributed by atoms with van der Waals surface area (Å²) in [5, 5.41) is 9.56. The van der Waals surface area contributed by atoms with E-state index in [2.05, 4.69) is 25.7 Å². The molecule has 0 saturated heterocycles. The minimum atomic E-state index is -0.858. The van der Waals surface area contributed by atoms with Gasteiger partial charge in [0.2, 0.25) is 0 Å². The number of rotatable bonds is 3. The van der Waals surface area contributed by atoms with Gasteiger partial charge in [0.15, 0.2) is 0 Å². The van der Waals surface area contributed by atoms with E-state index in [1.807, 2.05) is 0 Å². The van der Waals surface area contributed by atoms with Gasteiger partial charge in [-0.1, -0.05) is 6.07 Å². The Morgan fingerprint density at radius 1 is 1.71 bits per heavy atom. The summed E-state index contributed by atoms with van der Waals surface area (Å²) < 4.78 is 5.12. The molecule has 4 nitrogen and oxygen atoms in total. The second-order valence-electron chi connectivity index (χ2n) is 2.71. The van der Waals surface area contributed by atoms with Crippen LogP contribution in [0.5, 0.6) is 0 Å². The molecule has 0 radical (unpaired) electrons. The van der Waals surface area contributed by atoms with Crippen molar-refractivity contribution in [3.8, 4) is 0 Å². The second kappa shape index (κ2) is 5.07. The Balaban J connectivity index is 2.65. The largest absolute Gasteiger partial charge is 0.469 e. The number of pyridine rings is 1. The molecule has 1 rings (SSSR count). The number of ether oxygens (including phenoxy) is 1. The smallest absolute Gasteiger partial charge is 0.308 e. The van der Waals surface area contributed by atoms with E-state index in [1.165, 1.54) is 13.3 Å². The minimum Gasteiger partial charge on any atom is -0.469 e. The number of esters is 1. The SMILES string of the molecule is COC(=O)C[C@H](O)c1ccc(Br)nc1. The van der Waals surface area contributed by atoms with Gasteiger partial charge in [0.25, 0.3) is 0 Å². The van der Waals surface area contributed by atoms with Gasteiger partial charge in [0.05, 0.1) is 19.6 Å². The van der Waals surface area contributed by atoms with Gasteiger partial charge in [-0.15, -0.1) is 0 Å². The van der Waals surface area contributed by atoms with E-state index >= 15 is 0 Å². The van der Waals surface area contributed by atoms with E-state index in [4.69, 9.17) is 0 Å². The third-order valence-corrected chi connectivity index (χ3v) is 2.19. The summed E-state index contributed by atoms with van der Waals surface area (Å²) >= 11 is 3.17. The molecule has 76 valence electrons. The number of aliphatic hydroxyl groups excluding tert-OH is 1. The molecule has 1 heterocycles. The third kappa shape index (κ3) is 3.08. The average molecular weight is 260 g/mol. The Bertz CT molecular complexity index is 312. The van der Waals surface area contributed by atoms with Crippen LogP contribution in [0.3, 0.4) is 0 Å². The van der Waals surface area contributed by atoms with Crippen LogP contribution in [0, 0.1) is 0 Å². The first-order valence-electron chi connectivity index (χ1n) is 4.00. The van der Waals surface area contributed by atoms with Crippen molar-refractivity contribution < 1.29 is 14.6 Å². The minimum absolute atomic E-state index is 0.0557. The molecule has 1 aromatic heterocycles. The molecule has 0 aromatic carbocycles. The zero-order chi connectivity index (χ0) is 10.6. The van der Waals surface area contributed by atoms with Gasteiger partial charge >= 0.3 is 5.97 Å². The van der Waals surface area contributed by atoms with Crippen molar-refractivity contribution in [2.24, 2.45) is 0 Å². The standard InChI is InChI=1S/C9H10BrNO3/c1-14-9(13)4-7(12)6-2-3-8(10)11-5-6/h2-3,5,7,12H,4H2,1H3/t7-/m0/s1. The molecule has 5 heteroatoms. The number of carbonyl (C=O) groups excluding carboxylic acids is 1. The quantitative estimate of drug-likeness (QED) is 0.660. The normalized spacial score (nSPS) is 12.2. The van der Waals surface area contributed by atoms with Gasteiger partial charge in [-0.05, 0) is 27.6 Å². The van der Waals surface area contributed by atoms with Crippen molar-refractivity contribution in [3.05, 3.63) is 28.5 Å². The fourth-order valence-corrected chi connectivity index (χ4v) is 1.18. The first-order chi connectivity index (χ1) is 6.63. The van der Waals surface area contributed by atoms with Crippen LogP contribution in [-0.4, -0.2) is 23.2 Å². The molecule has 0 bridgehead atoms. The number of halogens is 1. The molecule has 0 amide bonds. The molecular formula is C9H10BrNO3. The molecule has 0 spiro atoms. The summed E-state index contributed by atoms with van der Waals surface area (Å²) in [6.07, 6.45) is 0.598. The summed E-state index contributed by atoms with van der Waals surface area (Å²) in [6.45, 7) is 0. The van der Waals surface area contributed by atoms with Gasteiger partial charge in [-0.25, -0.2) is 4.98 Å². The van der Waals surface area contributed by atoms with Gasteiger partial charge < -0.3 is 9.84 Å². The predicted molar refractivity (Wildman–Crippen MR) is 53.5 cm³/mol. The third-order valence-electron chi connectivity index (χ3n) is 1.72. The summed E-state index contributed by atoms with van der Waals surface area (Å²) in [6, 6.07) is 3.40. The van der Waals surface area contributed by atoms with E-state index in [9.17, 15) is 9.90 Å². The van der Waals surface area contributed by atoms with Gasteiger partial charge in [-0.2, -0.15) is 0 Å². The molecule has 0 saturated carbocycles. The highest BCUT2D eigenvalue weighted by molar-refractivity contribution is 9.10. The van der Waals surface area contributed by atoms with Crippen molar-refractivity contribution in [1.82, 2.24) is 4.98 Å². The lowest BCUT2D eigenvalue weighted by molar-refractivity contribution is -0.142. The van der Waals surface area contributed by atoms with Crippen molar-refractivity contribution in [1.29, 1.82) is 0 Å². The molecule has 0 unspecified atom stereocenters. The van der Waals surface area contributed by atoms with Crippen LogP contribution in [0.4, 0.5) is 0 Å². The number of aromatic nitrogens is 1. The monoisotopic (exact) mass is 259 g/mol. The van der Waals surface area contributed by atoms with Crippen molar-refractivity contribution in [2.75, 3.05) is 7.11 Å². The van der Waals surface area contributed by atoms with Crippen molar-refractivity contribution in [3.63, 3.8) is 0 Å². The lowest BCUT2D eigenvalue weighted by Crippen LogP contribution is -2.08. The van der Waals surface area contributed by atoms with Crippen molar-refractivity contribution in [2.45, 2.75) is 12.5 Å². The maximum atomic E-state index is 10.9. The Hall–Kier alpha value is -0.940. The molecule has 0 aliphatic heterocycles. The number of hydrogen-bond donors (Lipinski definition) is 1. The predicted octanol–water partition coefficient (Wildman–Crippen LogP) is 1.44. The summed E-state index contributed by atoms with van der Waals surface area (Å²) in [5.74, 6) is -0.444. The van der Waals surface area contributed by atoms with E-state index in [0.717, 1.165) is 0 Å². The first kappa shape index (κ1) is 11.1. The van der Waals surface area contributed by atoms with Crippen LogP contribution in [0.25, 0.3) is 0 Å².